The van der Waals surface area contributed by atoms with E-state index in [0.717, 1.165) is 12.1 Å². The van der Waals surface area contributed by atoms with Crippen LogP contribution in [0.1, 0.15) is 10.4 Å². The van der Waals surface area contributed by atoms with Crippen molar-refractivity contribution in [2.75, 3.05) is 18.5 Å². The van der Waals surface area contributed by atoms with Crippen LogP contribution in [0.15, 0.2) is 53.4 Å². The minimum atomic E-state index is -4.83. The SMILES string of the molecule is C#CCNS(=O)(=O)c1ccc(C(=O)OCC(=O)Nc2ccc(OC(F)(F)F)cc2)cc1. The van der Waals surface area contributed by atoms with Gasteiger partial charge in [0.25, 0.3) is 5.91 Å². The summed E-state index contributed by atoms with van der Waals surface area (Å²) in [6, 6.07) is 9.09. The molecule has 164 valence electrons. The number of rotatable bonds is 8. The molecular weight excluding hydrogens is 441 g/mol. The molecule has 0 fully saturated rings. The molecule has 0 saturated carbocycles. The minimum absolute atomic E-state index is 0.00245. The van der Waals surface area contributed by atoms with Crippen molar-refractivity contribution in [3.8, 4) is 18.1 Å². The molecule has 0 heterocycles. The zero-order valence-corrected chi connectivity index (χ0v) is 16.4. The van der Waals surface area contributed by atoms with E-state index in [-0.39, 0.29) is 22.7 Å². The molecule has 8 nitrogen and oxygen atoms in total. The zero-order chi connectivity index (χ0) is 23.1. The number of hydrogen-bond acceptors (Lipinski definition) is 6. The van der Waals surface area contributed by atoms with Gasteiger partial charge < -0.3 is 14.8 Å². The summed E-state index contributed by atoms with van der Waals surface area (Å²) in [7, 11) is -3.82. The molecule has 0 spiro atoms. The summed E-state index contributed by atoms with van der Waals surface area (Å²) in [5.41, 5.74) is 0.155. The topological polar surface area (TPSA) is 111 Å². The van der Waals surface area contributed by atoms with Gasteiger partial charge in [-0.25, -0.2) is 13.2 Å². The first-order chi connectivity index (χ1) is 14.5. The molecule has 0 radical (unpaired) electrons. The maximum Gasteiger partial charge on any atom is 0.573 e. The van der Waals surface area contributed by atoms with E-state index >= 15 is 0 Å². The van der Waals surface area contributed by atoms with Crippen LogP contribution in [0.5, 0.6) is 5.75 Å². The summed E-state index contributed by atoms with van der Waals surface area (Å²) in [5, 5.41) is 2.33. The number of sulfonamides is 1. The van der Waals surface area contributed by atoms with Crippen LogP contribution in [0.25, 0.3) is 0 Å². The minimum Gasteiger partial charge on any atom is -0.452 e. The smallest absolute Gasteiger partial charge is 0.452 e. The Morgan fingerprint density at radius 3 is 2.19 bits per heavy atom. The van der Waals surface area contributed by atoms with Gasteiger partial charge in [-0.1, -0.05) is 5.92 Å². The number of alkyl halides is 3. The number of terminal acetylenes is 1. The van der Waals surface area contributed by atoms with Crippen LogP contribution in [-0.4, -0.2) is 39.8 Å². The summed E-state index contributed by atoms with van der Waals surface area (Å²) in [6.07, 6.45) is 0.161. The van der Waals surface area contributed by atoms with Crippen molar-refractivity contribution in [2.45, 2.75) is 11.3 Å². The predicted octanol–water partition coefficient (Wildman–Crippen LogP) is 2.29. The molecule has 12 heteroatoms. The highest BCUT2D eigenvalue weighted by molar-refractivity contribution is 7.89. The molecule has 1 amide bonds. The zero-order valence-electron chi connectivity index (χ0n) is 15.6. The highest BCUT2D eigenvalue weighted by atomic mass is 32.2. The van der Waals surface area contributed by atoms with Gasteiger partial charge in [-0.2, -0.15) is 4.72 Å². The molecule has 2 aromatic carbocycles. The van der Waals surface area contributed by atoms with Crippen molar-refractivity contribution >= 4 is 27.6 Å². The maximum atomic E-state index is 12.1. The fraction of sp³-hybridized carbons (Fsp3) is 0.158. The lowest BCUT2D eigenvalue weighted by Gasteiger charge is -2.10. The van der Waals surface area contributed by atoms with E-state index in [9.17, 15) is 31.2 Å². The van der Waals surface area contributed by atoms with E-state index < -0.39 is 40.6 Å². The molecule has 2 rings (SSSR count). The van der Waals surface area contributed by atoms with Crippen molar-refractivity contribution in [1.29, 1.82) is 0 Å². The standard InChI is InChI=1S/C19H15F3N2O6S/c1-2-11-23-31(27,28)16-9-3-13(4-10-16)18(26)29-12-17(25)24-14-5-7-15(8-6-14)30-19(20,21)22/h1,3-10,23H,11-12H2,(H,24,25). The van der Waals surface area contributed by atoms with Crippen LogP contribution in [0, 0.1) is 12.3 Å². The monoisotopic (exact) mass is 456 g/mol. The van der Waals surface area contributed by atoms with Crippen molar-refractivity contribution in [2.24, 2.45) is 0 Å². The molecule has 0 aromatic heterocycles. The first-order valence-corrected chi connectivity index (χ1v) is 9.84. The number of anilines is 1. The largest absolute Gasteiger partial charge is 0.573 e. The van der Waals surface area contributed by atoms with Crippen molar-refractivity contribution < 1.29 is 40.7 Å². The van der Waals surface area contributed by atoms with E-state index in [0.29, 0.717) is 0 Å². The molecule has 0 bridgehead atoms. The van der Waals surface area contributed by atoms with E-state index in [1.807, 2.05) is 0 Å². The maximum absolute atomic E-state index is 12.1. The average Bonchev–Trinajstić information content (AvgIpc) is 2.71. The second kappa shape index (κ2) is 9.96. The summed E-state index contributed by atoms with van der Waals surface area (Å²) >= 11 is 0. The molecule has 0 atom stereocenters. The Bertz CT molecular complexity index is 1080. The lowest BCUT2D eigenvalue weighted by Crippen LogP contribution is -2.24. The second-order valence-electron chi connectivity index (χ2n) is 5.75. The van der Waals surface area contributed by atoms with Gasteiger partial charge >= 0.3 is 12.3 Å². The molecule has 0 saturated heterocycles. The third-order valence-corrected chi connectivity index (χ3v) is 4.89. The van der Waals surface area contributed by atoms with Gasteiger partial charge in [-0.15, -0.1) is 19.6 Å². The van der Waals surface area contributed by atoms with Crippen LogP contribution in [0.3, 0.4) is 0 Å². The summed E-state index contributed by atoms with van der Waals surface area (Å²) in [4.78, 5) is 23.7. The second-order valence-corrected chi connectivity index (χ2v) is 7.52. The first-order valence-electron chi connectivity index (χ1n) is 8.36. The number of ether oxygens (including phenoxy) is 2. The fourth-order valence-corrected chi connectivity index (χ4v) is 3.08. The number of amides is 1. The molecule has 0 aliphatic carbocycles. The van der Waals surface area contributed by atoms with Crippen LogP contribution in [0.4, 0.5) is 18.9 Å². The van der Waals surface area contributed by atoms with Crippen LogP contribution < -0.4 is 14.8 Å². The molecule has 0 aliphatic heterocycles. The van der Waals surface area contributed by atoms with E-state index in [2.05, 4.69) is 20.7 Å². The quantitative estimate of drug-likeness (QED) is 0.466. The van der Waals surface area contributed by atoms with Crippen LogP contribution >= 0.6 is 0 Å². The molecule has 31 heavy (non-hydrogen) atoms. The van der Waals surface area contributed by atoms with Gasteiger partial charge in [0, 0.05) is 5.69 Å². The number of benzene rings is 2. The Labute approximate surface area is 175 Å². The Kier molecular flexibility index (Phi) is 7.62. The number of carbonyl (C=O) groups excluding carboxylic acids is 2. The third kappa shape index (κ3) is 7.65. The van der Waals surface area contributed by atoms with Gasteiger partial charge in [0.15, 0.2) is 6.61 Å². The number of carbonyl (C=O) groups is 2. The van der Waals surface area contributed by atoms with Crippen molar-refractivity contribution in [3.63, 3.8) is 0 Å². The predicted molar refractivity (Wildman–Crippen MR) is 103 cm³/mol. The normalized spacial score (nSPS) is 11.3. The lowest BCUT2D eigenvalue weighted by atomic mass is 10.2. The highest BCUT2D eigenvalue weighted by Crippen LogP contribution is 2.23. The van der Waals surface area contributed by atoms with Gasteiger partial charge in [0.1, 0.15) is 5.75 Å². The van der Waals surface area contributed by atoms with Crippen LogP contribution in [0.2, 0.25) is 0 Å². The fourth-order valence-electron chi connectivity index (χ4n) is 2.14. The summed E-state index contributed by atoms with van der Waals surface area (Å²) in [6.45, 7) is -0.872. The van der Waals surface area contributed by atoms with E-state index in [1.54, 1.807) is 0 Å². The number of nitrogens with one attached hydrogen (secondary N) is 2. The Hall–Kier alpha value is -3.56. The number of esters is 1. The molecular formula is C19H15F3N2O6S. The average molecular weight is 456 g/mol. The molecule has 2 N–H and O–H groups in total. The molecule has 0 unspecified atom stereocenters. The van der Waals surface area contributed by atoms with Gasteiger partial charge in [-0.05, 0) is 48.5 Å². The molecule has 2 aromatic rings. The summed E-state index contributed by atoms with van der Waals surface area (Å²) < 4.78 is 70.9. The number of halogens is 3. The third-order valence-electron chi connectivity index (χ3n) is 3.47. The number of hydrogen-bond donors (Lipinski definition) is 2. The van der Waals surface area contributed by atoms with Crippen molar-refractivity contribution in [3.05, 3.63) is 54.1 Å². The molecule has 0 aliphatic rings. The van der Waals surface area contributed by atoms with E-state index in [4.69, 9.17) is 11.2 Å². The van der Waals surface area contributed by atoms with Gasteiger partial charge in [-0.3, -0.25) is 4.79 Å². The van der Waals surface area contributed by atoms with Gasteiger partial charge in [0.05, 0.1) is 17.0 Å². The Morgan fingerprint density at radius 1 is 1.03 bits per heavy atom. The van der Waals surface area contributed by atoms with E-state index in [1.165, 1.54) is 36.4 Å². The highest BCUT2D eigenvalue weighted by Gasteiger charge is 2.31. The Balaban J connectivity index is 1.88. The summed E-state index contributed by atoms with van der Waals surface area (Å²) in [5.74, 6) is 0.0397. The van der Waals surface area contributed by atoms with Gasteiger partial charge in [0.2, 0.25) is 10.0 Å². The lowest BCUT2D eigenvalue weighted by molar-refractivity contribution is -0.274. The Morgan fingerprint density at radius 2 is 1.65 bits per heavy atom. The van der Waals surface area contributed by atoms with Crippen molar-refractivity contribution in [1.82, 2.24) is 4.72 Å². The van der Waals surface area contributed by atoms with Crippen LogP contribution in [-0.2, 0) is 19.6 Å². The first kappa shape index (κ1) is 23.7.